The number of amides is 2. The Morgan fingerprint density at radius 2 is 2.00 bits per heavy atom. The van der Waals surface area contributed by atoms with Gasteiger partial charge in [-0.2, -0.15) is 5.10 Å². The molecule has 27 heavy (non-hydrogen) atoms. The van der Waals surface area contributed by atoms with Gasteiger partial charge in [0.1, 0.15) is 0 Å². The van der Waals surface area contributed by atoms with Gasteiger partial charge in [-0.05, 0) is 42.8 Å². The van der Waals surface area contributed by atoms with Crippen molar-refractivity contribution in [2.24, 2.45) is 5.92 Å². The van der Waals surface area contributed by atoms with Gasteiger partial charge in [0.2, 0.25) is 11.8 Å². The first kappa shape index (κ1) is 17.0. The third-order valence-corrected chi connectivity index (χ3v) is 4.78. The molecule has 2 aromatic carbocycles. The maximum absolute atomic E-state index is 12.7. The first-order valence-corrected chi connectivity index (χ1v) is 8.89. The van der Waals surface area contributed by atoms with Crippen LogP contribution in [0.2, 0.25) is 0 Å². The molecule has 0 spiro atoms. The normalized spacial score (nSPS) is 16.6. The summed E-state index contributed by atoms with van der Waals surface area (Å²) in [6, 6.07) is 17.1. The van der Waals surface area contributed by atoms with Crippen molar-refractivity contribution in [2.75, 3.05) is 16.8 Å². The number of rotatable bonds is 4. The summed E-state index contributed by atoms with van der Waals surface area (Å²) in [7, 11) is 0. The molecule has 4 rings (SSSR count). The molecule has 1 aliphatic rings. The number of benzene rings is 2. The van der Waals surface area contributed by atoms with Crippen LogP contribution in [0.3, 0.4) is 0 Å². The average Bonchev–Trinajstić information content (AvgIpc) is 3.32. The number of anilines is 2. The number of aryl methyl sites for hydroxylation is 1. The molecule has 0 bridgehead atoms. The molecule has 0 radical (unpaired) electrons. The summed E-state index contributed by atoms with van der Waals surface area (Å²) in [5, 5.41) is 7.13. The standard InChI is InChI=1S/C21H20N4O2/c1-15-6-2-3-9-19(15)24-14-16(12-20(24)26)21(27)23-17-7-4-8-18(13-17)25-11-5-10-22-25/h2-11,13,16H,12,14H2,1H3,(H,23,27). The van der Waals surface area contributed by atoms with Crippen LogP contribution in [0.15, 0.2) is 67.0 Å². The molecule has 1 N–H and O–H groups in total. The molecular formula is C21H20N4O2. The maximum Gasteiger partial charge on any atom is 0.229 e. The number of hydrogen-bond acceptors (Lipinski definition) is 3. The number of carbonyl (C=O) groups excluding carboxylic acids is 2. The fourth-order valence-electron chi connectivity index (χ4n) is 3.37. The Hall–Kier alpha value is -3.41. The SMILES string of the molecule is Cc1ccccc1N1CC(C(=O)Nc2cccc(-n3cccn3)c2)CC1=O. The molecule has 1 fully saturated rings. The molecule has 6 nitrogen and oxygen atoms in total. The van der Waals surface area contributed by atoms with Crippen molar-refractivity contribution in [3.63, 3.8) is 0 Å². The number of aromatic nitrogens is 2. The highest BCUT2D eigenvalue weighted by molar-refractivity contribution is 6.03. The Morgan fingerprint density at radius 3 is 2.78 bits per heavy atom. The summed E-state index contributed by atoms with van der Waals surface area (Å²) < 4.78 is 1.73. The van der Waals surface area contributed by atoms with Gasteiger partial charge < -0.3 is 10.2 Å². The predicted molar refractivity (Wildman–Crippen MR) is 104 cm³/mol. The summed E-state index contributed by atoms with van der Waals surface area (Å²) in [4.78, 5) is 26.9. The molecule has 1 aliphatic heterocycles. The van der Waals surface area contributed by atoms with Crippen LogP contribution in [0, 0.1) is 12.8 Å². The zero-order valence-corrected chi connectivity index (χ0v) is 15.0. The highest BCUT2D eigenvalue weighted by Crippen LogP contribution is 2.28. The van der Waals surface area contributed by atoms with E-state index in [1.54, 1.807) is 15.8 Å². The van der Waals surface area contributed by atoms with Crippen LogP contribution in [0.5, 0.6) is 0 Å². The Morgan fingerprint density at radius 1 is 1.15 bits per heavy atom. The first-order valence-electron chi connectivity index (χ1n) is 8.89. The number of para-hydroxylation sites is 1. The van der Waals surface area contributed by atoms with Gasteiger partial charge in [-0.1, -0.05) is 24.3 Å². The summed E-state index contributed by atoms with van der Waals surface area (Å²) >= 11 is 0. The third kappa shape index (κ3) is 3.46. The second-order valence-corrected chi connectivity index (χ2v) is 6.68. The van der Waals surface area contributed by atoms with E-state index in [0.29, 0.717) is 12.2 Å². The van der Waals surface area contributed by atoms with Gasteiger partial charge in [-0.25, -0.2) is 4.68 Å². The van der Waals surface area contributed by atoms with Crippen LogP contribution in [0.4, 0.5) is 11.4 Å². The van der Waals surface area contributed by atoms with Crippen LogP contribution in [-0.4, -0.2) is 28.1 Å². The van der Waals surface area contributed by atoms with Crippen LogP contribution < -0.4 is 10.2 Å². The van der Waals surface area contributed by atoms with Gasteiger partial charge in [0.25, 0.3) is 0 Å². The average molecular weight is 360 g/mol. The quantitative estimate of drug-likeness (QED) is 0.777. The van der Waals surface area contributed by atoms with Crippen molar-refractivity contribution >= 4 is 23.2 Å². The molecule has 1 atom stereocenters. The van der Waals surface area contributed by atoms with Crippen LogP contribution in [0.25, 0.3) is 5.69 Å². The Balaban J connectivity index is 1.47. The third-order valence-electron chi connectivity index (χ3n) is 4.78. The molecule has 2 heterocycles. The van der Waals surface area contributed by atoms with Gasteiger partial charge in [0.15, 0.2) is 0 Å². The predicted octanol–water partition coefficient (Wildman–Crippen LogP) is 3.17. The van der Waals surface area contributed by atoms with Crippen LogP contribution >= 0.6 is 0 Å². The number of nitrogens with zero attached hydrogens (tertiary/aromatic N) is 3. The molecular weight excluding hydrogens is 340 g/mol. The Kier molecular flexibility index (Phi) is 4.46. The van der Waals surface area contributed by atoms with Gasteiger partial charge in [-0.3, -0.25) is 9.59 Å². The maximum atomic E-state index is 12.7. The summed E-state index contributed by atoms with van der Waals surface area (Å²) in [5.41, 5.74) is 3.45. The fraction of sp³-hybridized carbons (Fsp3) is 0.190. The summed E-state index contributed by atoms with van der Waals surface area (Å²) in [6.45, 7) is 2.37. The van der Waals surface area contributed by atoms with Crippen molar-refractivity contribution in [2.45, 2.75) is 13.3 Å². The fourth-order valence-corrected chi connectivity index (χ4v) is 3.37. The second kappa shape index (κ2) is 7.07. The van der Waals surface area contributed by atoms with Crippen molar-refractivity contribution in [1.82, 2.24) is 9.78 Å². The van der Waals surface area contributed by atoms with Crippen LogP contribution in [0.1, 0.15) is 12.0 Å². The topological polar surface area (TPSA) is 67.2 Å². The first-order chi connectivity index (χ1) is 13.1. The molecule has 136 valence electrons. The number of hydrogen-bond donors (Lipinski definition) is 1. The lowest BCUT2D eigenvalue weighted by atomic mass is 10.1. The van der Waals surface area contributed by atoms with Gasteiger partial charge >= 0.3 is 0 Å². The van der Waals surface area contributed by atoms with E-state index in [-0.39, 0.29) is 24.2 Å². The van der Waals surface area contributed by atoms with E-state index < -0.39 is 0 Å². The minimum absolute atomic E-state index is 0.0188. The van der Waals surface area contributed by atoms with Crippen molar-refractivity contribution in [1.29, 1.82) is 0 Å². The molecule has 2 amide bonds. The zero-order chi connectivity index (χ0) is 18.8. The van der Waals surface area contributed by atoms with E-state index in [1.165, 1.54) is 0 Å². The summed E-state index contributed by atoms with van der Waals surface area (Å²) in [6.07, 6.45) is 3.77. The van der Waals surface area contributed by atoms with E-state index >= 15 is 0 Å². The number of nitrogens with one attached hydrogen (secondary N) is 1. The number of carbonyl (C=O) groups is 2. The lowest BCUT2D eigenvalue weighted by Gasteiger charge is -2.19. The lowest BCUT2D eigenvalue weighted by molar-refractivity contribution is -0.122. The van der Waals surface area contributed by atoms with E-state index in [0.717, 1.165) is 16.9 Å². The Bertz CT molecular complexity index is 981. The van der Waals surface area contributed by atoms with Crippen LogP contribution in [-0.2, 0) is 9.59 Å². The summed E-state index contributed by atoms with van der Waals surface area (Å²) in [5.74, 6) is -0.530. The molecule has 1 aromatic heterocycles. The van der Waals surface area contributed by atoms with Gasteiger partial charge in [-0.15, -0.1) is 0 Å². The van der Waals surface area contributed by atoms with E-state index in [2.05, 4.69) is 10.4 Å². The smallest absolute Gasteiger partial charge is 0.229 e. The zero-order valence-electron chi connectivity index (χ0n) is 15.0. The molecule has 1 saturated heterocycles. The van der Waals surface area contributed by atoms with Gasteiger partial charge in [0, 0.05) is 36.7 Å². The van der Waals surface area contributed by atoms with Gasteiger partial charge in [0.05, 0.1) is 11.6 Å². The molecule has 6 heteroatoms. The second-order valence-electron chi connectivity index (χ2n) is 6.68. The molecule has 1 unspecified atom stereocenters. The van der Waals surface area contributed by atoms with E-state index in [9.17, 15) is 9.59 Å². The highest BCUT2D eigenvalue weighted by atomic mass is 16.2. The monoisotopic (exact) mass is 360 g/mol. The minimum atomic E-state index is -0.370. The molecule has 0 aliphatic carbocycles. The molecule has 0 saturated carbocycles. The van der Waals surface area contributed by atoms with Crippen molar-refractivity contribution in [3.05, 3.63) is 72.6 Å². The highest BCUT2D eigenvalue weighted by Gasteiger charge is 2.35. The van der Waals surface area contributed by atoms with Crippen molar-refractivity contribution < 1.29 is 9.59 Å². The lowest BCUT2D eigenvalue weighted by Crippen LogP contribution is -2.28. The Labute approximate surface area is 157 Å². The minimum Gasteiger partial charge on any atom is -0.326 e. The largest absolute Gasteiger partial charge is 0.326 e. The molecule has 3 aromatic rings. The van der Waals surface area contributed by atoms with Crippen molar-refractivity contribution in [3.8, 4) is 5.69 Å². The van der Waals surface area contributed by atoms with E-state index in [4.69, 9.17) is 0 Å². The van der Waals surface area contributed by atoms with E-state index in [1.807, 2.05) is 67.7 Å².